The minimum absolute atomic E-state index is 0.240. The molecule has 0 aromatic heterocycles. The van der Waals surface area contributed by atoms with E-state index in [4.69, 9.17) is 25.8 Å². The van der Waals surface area contributed by atoms with E-state index < -0.39 is 0 Å². The summed E-state index contributed by atoms with van der Waals surface area (Å²) < 4.78 is 15.8. The van der Waals surface area contributed by atoms with Gasteiger partial charge in [0, 0.05) is 18.2 Å². The molecule has 1 aromatic rings. The first-order chi connectivity index (χ1) is 10.2. The Hall–Kier alpha value is -0.810. The van der Waals surface area contributed by atoms with Crippen LogP contribution in [-0.2, 0) is 9.47 Å². The van der Waals surface area contributed by atoms with Crippen molar-refractivity contribution in [3.63, 3.8) is 0 Å². The lowest BCUT2D eigenvalue weighted by Gasteiger charge is -2.16. The molecule has 1 aromatic carbocycles. The maximum atomic E-state index is 6.32. The summed E-state index contributed by atoms with van der Waals surface area (Å²) in [5.41, 5.74) is 1.09. The van der Waals surface area contributed by atoms with Crippen molar-refractivity contribution in [1.82, 2.24) is 5.32 Å². The molecule has 0 fully saturated rings. The highest BCUT2D eigenvalue weighted by atomic mass is 35.5. The van der Waals surface area contributed by atoms with Crippen LogP contribution in [0.1, 0.15) is 31.9 Å². The molecule has 1 unspecified atom stereocenters. The van der Waals surface area contributed by atoms with Gasteiger partial charge in [-0.05, 0) is 37.6 Å². The minimum atomic E-state index is 0.240. The number of halogens is 1. The molecule has 0 heterocycles. The van der Waals surface area contributed by atoms with Gasteiger partial charge < -0.3 is 19.5 Å². The van der Waals surface area contributed by atoms with E-state index in [1.807, 2.05) is 18.2 Å². The van der Waals surface area contributed by atoms with Gasteiger partial charge in [-0.1, -0.05) is 24.6 Å². The number of ether oxygens (including phenoxy) is 3. The summed E-state index contributed by atoms with van der Waals surface area (Å²) in [6, 6.07) is 6.05. The molecule has 21 heavy (non-hydrogen) atoms. The second kappa shape index (κ2) is 10.9. The quantitative estimate of drug-likeness (QED) is 0.635. The van der Waals surface area contributed by atoms with Gasteiger partial charge in [0.25, 0.3) is 0 Å². The van der Waals surface area contributed by atoms with Crippen LogP contribution in [0.5, 0.6) is 5.75 Å². The number of methoxy groups -OCH3 is 1. The van der Waals surface area contributed by atoms with Crippen LogP contribution in [0.4, 0.5) is 0 Å². The summed E-state index contributed by atoms with van der Waals surface area (Å²) in [5, 5.41) is 4.15. The molecule has 1 N–H and O–H groups in total. The number of benzene rings is 1. The Labute approximate surface area is 132 Å². The highest BCUT2D eigenvalue weighted by molar-refractivity contribution is 6.31. The first kappa shape index (κ1) is 18.2. The monoisotopic (exact) mass is 315 g/mol. The molecule has 0 aliphatic heterocycles. The van der Waals surface area contributed by atoms with Crippen LogP contribution in [-0.4, -0.2) is 40.1 Å². The second-order valence-electron chi connectivity index (χ2n) is 4.81. The molecule has 0 radical (unpaired) electrons. The number of nitrogens with one attached hydrogen (secondary N) is 1. The molecular formula is C16H26ClNO3. The fourth-order valence-electron chi connectivity index (χ4n) is 1.88. The first-order valence-corrected chi connectivity index (χ1v) is 7.79. The fourth-order valence-corrected chi connectivity index (χ4v) is 2.22. The van der Waals surface area contributed by atoms with E-state index >= 15 is 0 Å². The van der Waals surface area contributed by atoms with Crippen LogP contribution in [0.3, 0.4) is 0 Å². The Bertz CT molecular complexity index is 401. The van der Waals surface area contributed by atoms with E-state index in [9.17, 15) is 0 Å². The smallest absolute Gasteiger partial charge is 0.120 e. The predicted molar refractivity (Wildman–Crippen MR) is 86.4 cm³/mol. The van der Waals surface area contributed by atoms with Gasteiger partial charge in [0.1, 0.15) is 12.4 Å². The van der Waals surface area contributed by atoms with E-state index in [1.165, 1.54) is 0 Å². The lowest BCUT2D eigenvalue weighted by Crippen LogP contribution is -2.19. The molecular weight excluding hydrogens is 290 g/mol. The molecule has 0 aliphatic carbocycles. The van der Waals surface area contributed by atoms with Crippen molar-refractivity contribution < 1.29 is 14.2 Å². The summed E-state index contributed by atoms with van der Waals surface area (Å²) >= 11 is 6.32. The fraction of sp³-hybridized carbons (Fsp3) is 0.625. The Morgan fingerprint density at radius 1 is 1.19 bits per heavy atom. The van der Waals surface area contributed by atoms with Crippen LogP contribution in [0.15, 0.2) is 18.2 Å². The van der Waals surface area contributed by atoms with Crippen molar-refractivity contribution in [3.05, 3.63) is 28.8 Å². The van der Waals surface area contributed by atoms with Crippen molar-refractivity contribution >= 4 is 11.6 Å². The normalized spacial score (nSPS) is 12.4. The molecule has 0 spiro atoms. The van der Waals surface area contributed by atoms with Crippen LogP contribution < -0.4 is 10.1 Å². The third-order valence-electron chi connectivity index (χ3n) is 3.07. The summed E-state index contributed by atoms with van der Waals surface area (Å²) in [7, 11) is 1.65. The van der Waals surface area contributed by atoms with Crippen LogP contribution in [0.25, 0.3) is 0 Å². The molecule has 4 nitrogen and oxygen atoms in total. The van der Waals surface area contributed by atoms with Crippen LogP contribution in [0.2, 0.25) is 5.02 Å². The third-order valence-corrected chi connectivity index (χ3v) is 3.39. The molecule has 1 atom stereocenters. The highest BCUT2D eigenvalue weighted by Gasteiger charge is 2.09. The summed E-state index contributed by atoms with van der Waals surface area (Å²) in [5.74, 6) is 0.766. The topological polar surface area (TPSA) is 39.7 Å². The molecule has 0 amide bonds. The van der Waals surface area contributed by atoms with Gasteiger partial charge in [-0.2, -0.15) is 0 Å². The van der Waals surface area contributed by atoms with Crippen molar-refractivity contribution in [2.45, 2.75) is 26.3 Å². The standard InChI is InChI=1S/C16H26ClNO3/c1-4-7-18-13(2)15-6-5-14(12-16(15)17)21-11-10-20-9-8-19-3/h5-6,12-13,18H,4,7-11H2,1-3H3. The van der Waals surface area contributed by atoms with E-state index in [-0.39, 0.29) is 6.04 Å². The number of rotatable bonds is 11. The van der Waals surface area contributed by atoms with Gasteiger partial charge in [-0.3, -0.25) is 0 Å². The molecule has 0 saturated heterocycles. The van der Waals surface area contributed by atoms with E-state index in [0.29, 0.717) is 26.4 Å². The number of hydrogen-bond acceptors (Lipinski definition) is 4. The molecule has 5 heteroatoms. The zero-order valence-corrected chi connectivity index (χ0v) is 13.9. The van der Waals surface area contributed by atoms with Gasteiger partial charge in [0.15, 0.2) is 0 Å². The summed E-state index contributed by atoms with van der Waals surface area (Å²) in [6.45, 7) is 7.46. The second-order valence-corrected chi connectivity index (χ2v) is 5.22. The highest BCUT2D eigenvalue weighted by Crippen LogP contribution is 2.27. The predicted octanol–water partition coefficient (Wildman–Crippen LogP) is 3.44. The average molecular weight is 316 g/mol. The zero-order chi connectivity index (χ0) is 15.5. The van der Waals surface area contributed by atoms with Crippen molar-refractivity contribution in [3.8, 4) is 5.75 Å². The van der Waals surface area contributed by atoms with Crippen molar-refractivity contribution in [2.75, 3.05) is 40.1 Å². The lowest BCUT2D eigenvalue weighted by atomic mass is 10.1. The van der Waals surface area contributed by atoms with Gasteiger partial charge in [-0.15, -0.1) is 0 Å². The van der Waals surface area contributed by atoms with E-state index in [2.05, 4.69) is 19.2 Å². The largest absolute Gasteiger partial charge is 0.491 e. The Balaban J connectivity index is 2.39. The Kier molecular flexibility index (Phi) is 9.42. The molecule has 0 saturated carbocycles. The minimum Gasteiger partial charge on any atom is -0.491 e. The van der Waals surface area contributed by atoms with Crippen LogP contribution in [0, 0.1) is 0 Å². The zero-order valence-electron chi connectivity index (χ0n) is 13.2. The maximum Gasteiger partial charge on any atom is 0.120 e. The van der Waals surface area contributed by atoms with E-state index in [0.717, 1.165) is 29.3 Å². The maximum absolute atomic E-state index is 6.32. The van der Waals surface area contributed by atoms with Gasteiger partial charge in [0.2, 0.25) is 0 Å². The molecule has 0 aliphatic rings. The Morgan fingerprint density at radius 3 is 2.62 bits per heavy atom. The van der Waals surface area contributed by atoms with Gasteiger partial charge in [0.05, 0.1) is 19.8 Å². The van der Waals surface area contributed by atoms with E-state index in [1.54, 1.807) is 7.11 Å². The SMILES string of the molecule is CCCNC(C)c1ccc(OCCOCCOC)cc1Cl. The summed E-state index contributed by atoms with van der Waals surface area (Å²) in [6.07, 6.45) is 1.10. The van der Waals surface area contributed by atoms with Gasteiger partial charge >= 0.3 is 0 Å². The number of hydrogen-bond donors (Lipinski definition) is 1. The van der Waals surface area contributed by atoms with Crippen molar-refractivity contribution in [2.24, 2.45) is 0 Å². The Morgan fingerprint density at radius 2 is 1.95 bits per heavy atom. The molecule has 1 rings (SSSR count). The van der Waals surface area contributed by atoms with Crippen molar-refractivity contribution in [1.29, 1.82) is 0 Å². The third kappa shape index (κ3) is 7.14. The lowest BCUT2D eigenvalue weighted by molar-refractivity contribution is 0.0544. The molecule has 0 bridgehead atoms. The van der Waals surface area contributed by atoms with Gasteiger partial charge in [-0.25, -0.2) is 0 Å². The average Bonchev–Trinajstić information content (AvgIpc) is 2.48. The van der Waals surface area contributed by atoms with Crippen LogP contribution >= 0.6 is 11.6 Å². The first-order valence-electron chi connectivity index (χ1n) is 7.41. The summed E-state index contributed by atoms with van der Waals surface area (Å²) in [4.78, 5) is 0. The molecule has 120 valence electrons.